The van der Waals surface area contributed by atoms with Crippen molar-refractivity contribution in [3.8, 4) is 0 Å². The van der Waals surface area contributed by atoms with Crippen LogP contribution >= 0.6 is 35.0 Å². The van der Waals surface area contributed by atoms with Crippen molar-refractivity contribution in [1.29, 1.82) is 0 Å². The van der Waals surface area contributed by atoms with Gasteiger partial charge in [-0.1, -0.05) is 35.0 Å². The summed E-state index contributed by atoms with van der Waals surface area (Å²) in [6.45, 7) is 0. The first-order valence-electron chi connectivity index (χ1n) is 4.66. The highest BCUT2D eigenvalue weighted by molar-refractivity contribution is 8.04. The second-order valence-corrected chi connectivity index (χ2v) is 5.45. The van der Waals surface area contributed by atoms with Crippen LogP contribution in [0.1, 0.15) is 0 Å². The third kappa shape index (κ3) is 2.54. The lowest BCUT2D eigenvalue weighted by Crippen LogP contribution is -2.06. The molecule has 84 valence electrons. The van der Waals surface area contributed by atoms with Crippen LogP contribution in [0, 0.1) is 0 Å². The first-order chi connectivity index (χ1) is 7.56. The van der Waals surface area contributed by atoms with Crippen LogP contribution in [0.15, 0.2) is 39.2 Å². The average molecular weight is 273 g/mol. The van der Waals surface area contributed by atoms with E-state index in [1.165, 1.54) is 0 Å². The van der Waals surface area contributed by atoms with Gasteiger partial charge in [0.2, 0.25) is 0 Å². The average Bonchev–Trinajstić information content (AvgIpc) is 2.19. The van der Waals surface area contributed by atoms with Gasteiger partial charge in [0.25, 0.3) is 0 Å². The van der Waals surface area contributed by atoms with Gasteiger partial charge in [0.1, 0.15) is 5.17 Å². The van der Waals surface area contributed by atoms with E-state index in [-0.39, 0.29) is 0 Å². The minimum atomic E-state index is 0.508. The summed E-state index contributed by atoms with van der Waals surface area (Å²) >= 11 is 13.6. The molecule has 0 atom stereocenters. The highest BCUT2D eigenvalue weighted by Gasteiger charge is 2.16. The van der Waals surface area contributed by atoms with Crippen LogP contribution in [0.4, 0.5) is 5.69 Å². The second-order valence-electron chi connectivity index (χ2n) is 3.57. The molecule has 2 rings (SSSR count). The first kappa shape index (κ1) is 11.8. The van der Waals surface area contributed by atoms with Gasteiger partial charge in [-0.2, -0.15) is 0 Å². The molecule has 16 heavy (non-hydrogen) atoms. The van der Waals surface area contributed by atoms with Crippen molar-refractivity contribution in [2.45, 2.75) is 4.90 Å². The van der Waals surface area contributed by atoms with Crippen LogP contribution in [-0.4, -0.2) is 24.2 Å². The molecule has 0 aromatic heterocycles. The molecule has 0 saturated carbocycles. The molecule has 1 aromatic rings. The van der Waals surface area contributed by atoms with Crippen molar-refractivity contribution in [3.05, 3.63) is 34.3 Å². The Balaban J connectivity index is 2.42. The number of rotatable bonds is 1. The zero-order valence-corrected chi connectivity index (χ0v) is 11.2. The molecule has 0 amide bonds. The van der Waals surface area contributed by atoms with Crippen LogP contribution in [0.25, 0.3) is 0 Å². The number of allylic oxidation sites excluding steroid dienone is 1. The zero-order chi connectivity index (χ0) is 11.7. The van der Waals surface area contributed by atoms with Crippen molar-refractivity contribution in [2.75, 3.05) is 14.1 Å². The molecule has 1 aromatic carbocycles. The number of hydrogen-bond acceptors (Lipinski definition) is 3. The Bertz CT molecular complexity index is 481. The Labute approximate surface area is 109 Å². The minimum absolute atomic E-state index is 0.508. The predicted molar refractivity (Wildman–Crippen MR) is 72.0 cm³/mol. The maximum atomic E-state index is 6.10. The van der Waals surface area contributed by atoms with E-state index in [1.807, 2.05) is 43.4 Å². The van der Waals surface area contributed by atoms with Gasteiger partial charge in [-0.3, -0.25) is 0 Å². The van der Waals surface area contributed by atoms with Crippen molar-refractivity contribution >= 4 is 45.8 Å². The summed E-state index contributed by atoms with van der Waals surface area (Å²) in [6.07, 6.45) is 1.95. The first-order valence-corrected chi connectivity index (χ1v) is 6.24. The molecular weight excluding hydrogens is 263 g/mol. The summed E-state index contributed by atoms with van der Waals surface area (Å²) < 4.78 is 0. The Hall–Kier alpha value is -0.640. The lowest BCUT2D eigenvalue weighted by Gasteiger charge is -2.16. The van der Waals surface area contributed by atoms with Gasteiger partial charge in [-0.15, -0.1) is 0 Å². The number of nitrogens with zero attached hydrogens (tertiary/aromatic N) is 2. The summed E-state index contributed by atoms with van der Waals surface area (Å²) in [7, 11) is 3.91. The molecule has 0 fully saturated rings. The summed E-state index contributed by atoms with van der Waals surface area (Å²) in [6, 6.07) is 5.63. The van der Waals surface area contributed by atoms with E-state index in [2.05, 4.69) is 4.99 Å². The van der Waals surface area contributed by atoms with E-state index in [1.54, 1.807) is 11.8 Å². The molecule has 0 radical (unpaired) electrons. The van der Waals surface area contributed by atoms with Gasteiger partial charge in [0.15, 0.2) is 0 Å². The molecule has 0 unspecified atom stereocenters. The van der Waals surface area contributed by atoms with Crippen LogP contribution in [0.5, 0.6) is 0 Å². The number of thioether (sulfide) groups is 1. The van der Waals surface area contributed by atoms with Crippen LogP contribution in [-0.2, 0) is 0 Å². The maximum absolute atomic E-state index is 6.10. The van der Waals surface area contributed by atoms with Gasteiger partial charge in [0.05, 0.1) is 10.6 Å². The molecule has 1 heterocycles. The molecule has 2 nitrogen and oxygen atoms in total. The van der Waals surface area contributed by atoms with E-state index in [0.717, 1.165) is 15.5 Å². The molecule has 5 heteroatoms. The molecule has 0 aliphatic carbocycles. The highest BCUT2D eigenvalue weighted by atomic mass is 35.5. The maximum Gasteiger partial charge on any atom is 0.145 e. The van der Waals surface area contributed by atoms with Gasteiger partial charge >= 0.3 is 0 Å². The second kappa shape index (κ2) is 4.70. The topological polar surface area (TPSA) is 15.6 Å². The Morgan fingerprint density at radius 2 is 2.06 bits per heavy atom. The van der Waals surface area contributed by atoms with Crippen molar-refractivity contribution < 1.29 is 0 Å². The van der Waals surface area contributed by atoms with E-state index >= 15 is 0 Å². The summed E-state index contributed by atoms with van der Waals surface area (Å²) in [5.74, 6) is 0. The Kier molecular flexibility index (Phi) is 3.47. The van der Waals surface area contributed by atoms with Crippen LogP contribution in [0.2, 0.25) is 5.02 Å². The predicted octanol–water partition coefficient (Wildman–Crippen LogP) is 4.12. The fraction of sp³-hybridized carbons (Fsp3) is 0.182. The standard InChI is InChI=1S/C11H10Cl2N2S/c1-15(2)6-10-11(13)14-8-5-7(12)3-4-9(8)16-10/h3-6H,1-2H3/b10-6-. The fourth-order valence-electron chi connectivity index (χ4n) is 1.30. The summed E-state index contributed by atoms with van der Waals surface area (Å²) in [5, 5.41) is 1.18. The van der Waals surface area contributed by atoms with E-state index in [0.29, 0.717) is 10.2 Å². The molecule has 0 bridgehead atoms. The quantitative estimate of drug-likeness (QED) is 0.765. The number of benzene rings is 1. The molecule has 1 aliphatic rings. The Morgan fingerprint density at radius 3 is 2.75 bits per heavy atom. The monoisotopic (exact) mass is 272 g/mol. The van der Waals surface area contributed by atoms with Gasteiger partial charge < -0.3 is 4.90 Å². The number of fused-ring (bicyclic) bond motifs is 1. The molecule has 1 aliphatic heterocycles. The minimum Gasteiger partial charge on any atom is -0.382 e. The molecule has 0 saturated heterocycles. The number of hydrogen-bond donors (Lipinski definition) is 0. The van der Waals surface area contributed by atoms with Crippen molar-refractivity contribution in [3.63, 3.8) is 0 Å². The zero-order valence-electron chi connectivity index (χ0n) is 8.87. The largest absolute Gasteiger partial charge is 0.382 e. The van der Waals surface area contributed by atoms with Gasteiger partial charge in [-0.05, 0) is 18.2 Å². The number of aliphatic imine (C=N–C) groups is 1. The van der Waals surface area contributed by atoms with Gasteiger partial charge in [0, 0.05) is 30.2 Å². The lowest BCUT2D eigenvalue weighted by molar-refractivity contribution is 0.563. The van der Waals surface area contributed by atoms with Crippen molar-refractivity contribution in [1.82, 2.24) is 4.90 Å². The van der Waals surface area contributed by atoms with Crippen LogP contribution < -0.4 is 0 Å². The summed E-state index contributed by atoms with van der Waals surface area (Å²) in [4.78, 5) is 8.29. The lowest BCUT2D eigenvalue weighted by atomic mass is 10.3. The molecular formula is C11H10Cl2N2S. The summed E-state index contributed by atoms with van der Waals surface area (Å²) in [5.41, 5.74) is 0.832. The Morgan fingerprint density at radius 1 is 1.31 bits per heavy atom. The van der Waals surface area contributed by atoms with E-state index < -0.39 is 0 Å². The molecule has 0 N–H and O–H groups in total. The molecule has 0 spiro atoms. The fourth-order valence-corrected chi connectivity index (χ4v) is 2.70. The van der Waals surface area contributed by atoms with E-state index in [9.17, 15) is 0 Å². The normalized spacial score (nSPS) is 17.0. The third-order valence-electron chi connectivity index (χ3n) is 1.94. The third-order valence-corrected chi connectivity index (χ3v) is 3.66. The smallest absolute Gasteiger partial charge is 0.145 e. The highest BCUT2D eigenvalue weighted by Crippen LogP contribution is 2.42. The van der Waals surface area contributed by atoms with E-state index in [4.69, 9.17) is 23.2 Å². The number of halogens is 2. The van der Waals surface area contributed by atoms with Crippen LogP contribution in [0.3, 0.4) is 0 Å². The van der Waals surface area contributed by atoms with Crippen molar-refractivity contribution in [2.24, 2.45) is 4.99 Å². The van der Waals surface area contributed by atoms with Gasteiger partial charge in [-0.25, -0.2) is 4.99 Å². The SMILES string of the molecule is CN(C)/C=C1\Sc2ccc(Cl)cc2N=C1Cl.